The molecule has 4 heterocycles. The summed E-state index contributed by atoms with van der Waals surface area (Å²) in [6.45, 7) is 0. The molecule has 0 aliphatic carbocycles. The van der Waals surface area contributed by atoms with E-state index >= 15 is 0 Å². The highest BCUT2D eigenvalue weighted by atomic mass is 79.9. The molecule has 19 heteroatoms. The first-order chi connectivity index (χ1) is 31.2. The Labute approximate surface area is 372 Å². The predicted molar refractivity (Wildman–Crippen MR) is 231 cm³/mol. The third-order valence-corrected chi connectivity index (χ3v) is 11.1. The van der Waals surface area contributed by atoms with Crippen LogP contribution in [0.3, 0.4) is 0 Å². The van der Waals surface area contributed by atoms with Crippen LogP contribution >= 0.6 is 15.9 Å². The normalized spacial score (nSPS) is 12.0. The molecule has 2 unspecified atom stereocenters. The number of benzene rings is 4. The molecule has 16 nitrogen and oxygen atoms in total. The van der Waals surface area contributed by atoms with Gasteiger partial charge in [-0.15, -0.1) is 0 Å². The number of fused-ring (bicyclic) bond motifs is 2. The van der Waals surface area contributed by atoms with Gasteiger partial charge in [0.2, 0.25) is 0 Å². The summed E-state index contributed by atoms with van der Waals surface area (Å²) in [6, 6.07) is 27.7. The summed E-state index contributed by atoms with van der Waals surface area (Å²) >= 11 is 3.46. The molecule has 0 saturated carbocycles. The molecule has 4 aromatic heterocycles. The monoisotopic (exact) mass is 936 g/mol. The number of pyridine rings is 2. The molecule has 6 N–H and O–H groups in total. The van der Waals surface area contributed by atoms with E-state index in [2.05, 4.69) is 25.9 Å². The Morgan fingerprint density at radius 2 is 1.08 bits per heavy atom. The molecule has 0 bridgehead atoms. The number of carbonyl (C=O) groups excluding carboxylic acids is 2. The Balaban J connectivity index is 1.18. The van der Waals surface area contributed by atoms with Gasteiger partial charge in [-0.05, 0) is 106 Å². The largest absolute Gasteiger partial charge is 0.505 e. The first-order valence-corrected chi connectivity index (χ1v) is 19.8. The third kappa shape index (κ3) is 7.57. The van der Waals surface area contributed by atoms with Gasteiger partial charge in [0.05, 0.1) is 32.3 Å². The highest BCUT2D eigenvalue weighted by Crippen LogP contribution is 2.45. The fourth-order valence-corrected chi connectivity index (χ4v) is 8.22. The van der Waals surface area contributed by atoms with E-state index in [1.807, 2.05) is 22.8 Å². The Morgan fingerprint density at radius 1 is 0.631 bits per heavy atom. The van der Waals surface area contributed by atoms with Crippen molar-refractivity contribution >= 4 is 61.5 Å². The topological polar surface area (TPSA) is 256 Å². The van der Waals surface area contributed by atoms with Crippen molar-refractivity contribution in [1.29, 1.82) is 10.5 Å². The molecule has 2 amide bonds. The third-order valence-electron chi connectivity index (χ3n) is 10.3. The zero-order chi connectivity index (χ0) is 46.3. The standard InChI is InChI=1S/C46H27BrF2N8O8/c47-33-32-40(57(27-9-5-2-6-10-27)38(33)23-13-17-25(49)18-14-23)30(21-51)53-37(42(32)59)44(61)55-35(46(64)65)34(45(62)63)54-43(60)36-41(58)28-19-31(22-11-15-24(48)16-12-22)56(26-7-3-1-4-8-26)39(28)29(20-50)52-36/h1-19,34-35,58-59H,(H,54,60)(H,55,61)(H,62,63)(H,64,65). The molecule has 4 aromatic carbocycles. The van der Waals surface area contributed by atoms with Gasteiger partial charge < -0.3 is 40.2 Å². The summed E-state index contributed by atoms with van der Waals surface area (Å²) in [4.78, 5) is 61.4. The van der Waals surface area contributed by atoms with E-state index < -0.39 is 81.7 Å². The highest BCUT2D eigenvalue weighted by Gasteiger charge is 2.39. The number of amides is 2. The van der Waals surface area contributed by atoms with Crippen LogP contribution in [0, 0.1) is 34.3 Å². The summed E-state index contributed by atoms with van der Waals surface area (Å²) in [6.07, 6.45) is 0. The molecule has 65 heavy (non-hydrogen) atoms. The molecule has 0 fully saturated rings. The Morgan fingerprint density at radius 3 is 1.55 bits per heavy atom. The number of halogens is 3. The number of nitrogens with one attached hydrogen (secondary N) is 2. The number of carbonyl (C=O) groups is 4. The number of hydrogen-bond donors (Lipinski definition) is 6. The quantitative estimate of drug-likeness (QED) is 0.0770. The van der Waals surface area contributed by atoms with Crippen molar-refractivity contribution in [2.24, 2.45) is 0 Å². The van der Waals surface area contributed by atoms with Crippen LogP contribution in [0.15, 0.2) is 120 Å². The zero-order valence-corrected chi connectivity index (χ0v) is 34.4. The molecule has 0 aliphatic rings. The van der Waals surface area contributed by atoms with E-state index in [1.54, 1.807) is 65.2 Å². The second-order valence-corrected chi connectivity index (χ2v) is 14.9. The molecular formula is C46H27BrF2N8O8. The summed E-state index contributed by atoms with van der Waals surface area (Å²) in [7, 11) is 0. The lowest BCUT2D eigenvalue weighted by molar-refractivity contribution is -0.147. The van der Waals surface area contributed by atoms with Crippen molar-refractivity contribution in [3.63, 3.8) is 0 Å². The number of aromatic hydroxyl groups is 2. The fraction of sp³-hybridized carbons (Fsp3) is 0.0435. The molecule has 0 aliphatic heterocycles. The lowest BCUT2D eigenvalue weighted by Crippen LogP contribution is -2.59. The van der Waals surface area contributed by atoms with E-state index in [9.17, 15) is 58.9 Å². The van der Waals surface area contributed by atoms with Crippen LogP contribution in [0.2, 0.25) is 0 Å². The highest BCUT2D eigenvalue weighted by molar-refractivity contribution is 9.10. The molecule has 0 spiro atoms. The Kier molecular flexibility index (Phi) is 11.2. The van der Waals surface area contributed by atoms with Gasteiger partial charge in [0.15, 0.2) is 46.4 Å². The first kappa shape index (κ1) is 42.7. The predicted octanol–water partition coefficient (Wildman–Crippen LogP) is 6.96. The van der Waals surface area contributed by atoms with Gasteiger partial charge in [-0.3, -0.25) is 9.59 Å². The van der Waals surface area contributed by atoms with Gasteiger partial charge in [-0.25, -0.2) is 28.3 Å². The van der Waals surface area contributed by atoms with Crippen molar-refractivity contribution < 1.29 is 48.4 Å². The Hall–Kier alpha value is -8.94. The summed E-state index contributed by atoms with van der Waals surface area (Å²) in [5.74, 6) is -9.72. The molecule has 0 saturated heterocycles. The Bertz CT molecular complexity index is 3350. The minimum atomic E-state index is -2.51. The van der Waals surface area contributed by atoms with Crippen LogP contribution in [0.4, 0.5) is 8.78 Å². The van der Waals surface area contributed by atoms with Gasteiger partial charge in [0, 0.05) is 16.8 Å². The fourth-order valence-electron chi connectivity index (χ4n) is 7.43. The van der Waals surface area contributed by atoms with Crippen LogP contribution in [-0.2, 0) is 9.59 Å². The van der Waals surface area contributed by atoms with E-state index in [-0.39, 0.29) is 26.3 Å². The van der Waals surface area contributed by atoms with Crippen LogP contribution in [0.1, 0.15) is 32.4 Å². The average molecular weight is 938 g/mol. The number of hydrogen-bond acceptors (Lipinski definition) is 10. The van der Waals surface area contributed by atoms with Crippen molar-refractivity contribution in [3.05, 3.63) is 154 Å². The van der Waals surface area contributed by atoms with E-state index in [1.165, 1.54) is 59.2 Å². The zero-order valence-electron chi connectivity index (χ0n) is 32.9. The molecular weight excluding hydrogens is 910 g/mol. The van der Waals surface area contributed by atoms with E-state index in [0.717, 1.165) is 0 Å². The lowest BCUT2D eigenvalue weighted by Gasteiger charge is -2.23. The minimum absolute atomic E-state index is 0.00526. The van der Waals surface area contributed by atoms with Crippen LogP contribution in [0.25, 0.3) is 55.7 Å². The number of rotatable bonds is 11. The van der Waals surface area contributed by atoms with Gasteiger partial charge >= 0.3 is 11.9 Å². The summed E-state index contributed by atoms with van der Waals surface area (Å²) < 4.78 is 31.2. The number of nitrogens with zero attached hydrogens (tertiary/aromatic N) is 6. The van der Waals surface area contributed by atoms with Crippen molar-refractivity contribution in [3.8, 4) is 57.5 Å². The van der Waals surface area contributed by atoms with Crippen LogP contribution < -0.4 is 10.6 Å². The number of para-hydroxylation sites is 2. The SMILES string of the molecule is N#Cc1nc(C(=O)NC(C(=O)O)C(NC(=O)c2nc(C#N)c3c(c2O)c(Br)c(-c2ccc(F)cc2)n3-c2ccccc2)C(=O)O)c(O)c2cc(-c3ccc(F)cc3)n(-c3ccccc3)c12. The van der Waals surface area contributed by atoms with Crippen molar-refractivity contribution in [2.75, 3.05) is 0 Å². The summed E-state index contributed by atoms with van der Waals surface area (Å²) in [5.41, 5.74) is -0.221. The van der Waals surface area contributed by atoms with Gasteiger partial charge in [-0.1, -0.05) is 36.4 Å². The first-order valence-electron chi connectivity index (χ1n) is 19.0. The van der Waals surface area contributed by atoms with Gasteiger partial charge in [0.1, 0.15) is 23.8 Å². The molecule has 8 rings (SSSR count). The smallest absolute Gasteiger partial charge is 0.329 e. The lowest BCUT2D eigenvalue weighted by atomic mass is 10.1. The second kappa shape index (κ2) is 17.1. The number of nitriles is 2. The van der Waals surface area contributed by atoms with E-state index in [4.69, 9.17) is 0 Å². The maximum atomic E-state index is 14.0. The second-order valence-electron chi connectivity index (χ2n) is 14.2. The van der Waals surface area contributed by atoms with E-state index in [0.29, 0.717) is 33.9 Å². The molecule has 2 atom stereocenters. The van der Waals surface area contributed by atoms with Gasteiger partial charge in [-0.2, -0.15) is 10.5 Å². The molecule has 320 valence electrons. The molecule has 0 radical (unpaired) electrons. The summed E-state index contributed by atoms with van der Waals surface area (Å²) in [5, 5.41) is 68.1. The van der Waals surface area contributed by atoms with Crippen LogP contribution in [-0.4, -0.2) is 75.4 Å². The van der Waals surface area contributed by atoms with Crippen molar-refractivity contribution in [2.45, 2.75) is 12.1 Å². The maximum Gasteiger partial charge on any atom is 0.329 e. The number of carboxylic acids is 2. The number of carboxylic acid groups (broad SMARTS) is 2. The number of aromatic nitrogens is 4. The maximum absolute atomic E-state index is 14.0. The van der Waals surface area contributed by atoms with Gasteiger partial charge in [0.25, 0.3) is 11.8 Å². The number of aliphatic carboxylic acids is 2. The van der Waals surface area contributed by atoms with Crippen LogP contribution in [0.5, 0.6) is 11.5 Å². The average Bonchev–Trinajstić information content (AvgIpc) is 3.86. The van der Waals surface area contributed by atoms with Crippen molar-refractivity contribution in [1.82, 2.24) is 29.7 Å². The minimum Gasteiger partial charge on any atom is -0.505 e. The molecule has 8 aromatic rings.